The molecule has 0 aromatic rings. The van der Waals surface area contributed by atoms with Crippen molar-refractivity contribution in [1.82, 2.24) is 0 Å². The number of fused-ring (bicyclic) bond motifs is 3. The molecular formula is C31H44O9. The second-order valence-electron chi connectivity index (χ2n) is 13.3. The van der Waals surface area contributed by atoms with E-state index in [9.17, 15) is 20.1 Å². The molecule has 5 heterocycles. The highest BCUT2D eigenvalue weighted by Gasteiger charge is 2.62. The largest absolute Gasteiger partial charge is 0.462 e. The maximum absolute atomic E-state index is 13.9. The highest BCUT2D eigenvalue weighted by Crippen LogP contribution is 2.50. The molecule has 1 aliphatic carbocycles. The second-order valence-corrected chi connectivity index (χ2v) is 13.3. The van der Waals surface area contributed by atoms with Crippen LogP contribution in [0.5, 0.6) is 0 Å². The zero-order valence-electron chi connectivity index (χ0n) is 24.1. The third-order valence-electron chi connectivity index (χ3n) is 10.4. The average Bonchev–Trinajstić information content (AvgIpc) is 3.42. The van der Waals surface area contributed by atoms with Crippen molar-refractivity contribution in [2.75, 3.05) is 6.61 Å². The number of esters is 1. The van der Waals surface area contributed by atoms with Crippen LogP contribution in [0.3, 0.4) is 0 Å². The Labute approximate surface area is 236 Å². The molecule has 40 heavy (non-hydrogen) atoms. The summed E-state index contributed by atoms with van der Waals surface area (Å²) in [6.07, 6.45) is 6.22. The molecule has 0 aromatic heterocycles. The number of carbonyl (C=O) groups is 1. The van der Waals surface area contributed by atoms with Crippen molar-refractivity contribution in [1.29, 1.82) is 0 Å². The Bertz CT molecular complexity index is 1120. The molecule has 0 aromatic carbocycles. The maximum atomic E-state index is 13.9. The van der Waals surface area contributed by atoms with Gasteiger partial charge in [-0.05, 0) is 44.3 Å². The lowest BCUT2D eigenvalue weighted by Crippen LogP contribution is -2.58. The first kappa shape index (κ1) is 28.5. The van der Waals surface area contributed by atoms with E-state index >= 15 is 0 Å². The molecule has 6 rings (SSSR count). The minimum absolute atomic E-state index is 0.00572. The number of epoxide rings is 1. The lowest BCUT2D eigenvalue weighted by atomic mass is 9.71. The van der Waals surface area contributed by atoms with Gasteiger partial charge in [0.15, 0.2) is 5.79 Å². The lowest BCUT2D eigenvalue weighted by Gasteiger charge is -2.49. The number of rotatable bonds is 0. The first-order chi connectivity index (χ1) is 18.9. The molecule has 0 radical (unpaired) electrons. The van der Waals surface area contributed by atoms with Gasteiger partial charge in [-0.2, -0.15) is 0 Å². The summed E-state index contributed by atoms with van der Waals surface area (Å²) in [4.78, 5) is 13.9. The quantitative estimate of drug-likeness (QED) is 0.233. The maximum Gasteiger partial charge on any atom is 0.316 e. The van der Waals surface area contributed by atoms with Crippen LogP contribution in [0.2, 0.25) is 0 Å². The molecule has 9 heteroatoms. The Morgan fingerprint density at radius 3 is 2.58 bits per heavy atom. The van der Waals surface area contributed by atoms with Crippen LogP contribution in [0, 0.1) is 17.8 Å². The Balaban J connectivity index is 1.37. The molecule has 4 saturated heterocycles. The third kappa shape index (κ3) is 4.62. The molecule has 2 bridgehead atoms. The first-order valence-electron chi connectivity index (χ1n) is 14.9. The lowest BCUT2D eigenvalue weighted by molar-refractivity contribution is -0.333. The molecule has 6 aliphatic rings. The standard InChI is InChI=1S/C31H44O9/c1-16-9-10-30(38-19(16)4)14-22-12-21(39-30)13-24-29(5,40-24)26(33)17(2)7-6-8-20-15-36-27-25(32)18(3)11-23(28(34)37-22)31(20,27)35/h6-8,11,16-17,19,21-27,32-33,35H,9-10,12-15H2,1-5H3/b7-6+,20-8+/t16-,17-,19+,21-,22-,23-,24-,25+,26+,27+,29+,30-,31+/m0/s1. The van der Waals surface area contributed by atoms with Gasteiger partial charge in [0.2, 0.25) is 0 Å². The van der Waals surface area contributed by atoms with Gasteiger partial charge in [0.1, 0.15) is 35.4 Å². The summed E-state index contributed by atoms with van der Waals surface area (Å²) >= 11 is 0. The van der Waals surface area contributed by atoms with E-state index < -0.39 is 53.3 Å². The van der Waals surface area contributed by atoms with Crippen LogP contribution in [0.15, 0.2) is 35.5 Å². The van der Waals surface area contributed by atoms with Gasteiger partial charge in [-0.1, -0.05) is 38.2 Å². The topological polar surface area (TPSA) is 127 Å². The Hall–Kier alpha value is -1.59. The van der Waals surface area contributed by atoms with Crippen molar-refractivity contribution in [2.24, 2.45) is 17.8 Å². The fourth-order valence-corrected chi connectivity index (χ4v) is 7.53. The second kappa shape index (κ2) is 10.0. The fourth-order valence-electron chi connectivity index (χ4n) is 7.53. The van der Waals surface area contributed by atoms with Crippen LogP contribution in [0.4, 0.5) is 0 Å². The van der Waals surface area contributed by atoms with Gasteiger partial charge < -0.3 is 39.0 Å². The minimum atomic E-state index is -1.76. The van der Waals surface area contributed by atoms with E-state index in [0.717, 1.165) is 6.42 Å². The van der Waals surface area contributed by atoms with Gasteiger partial charge >= 0.3 is 5.97 Å². The molecule has 13 atom stereocenters. The van der Waals surface area contributed by atoms with E-state index in [2.05, 4.69) is 13.8 Å². The molecule has 3 N–H and O–H groups in total. The fraction of sp³-hybridized carbons (Fsp3) is 0.774. The molecule has 0 unspecified atom stereocenters. The Morgan fingerprint density at radius 1 is 1.05 bits per heavy atom. The minimum Gasteiger partial charge on any atom is -0.462 e. The first-order valence-corrected chi connectivity index (χ1v) is 14.9. The summed E-state index contributed by atoms with van der Waals surface area (Å²) < 4.78 is 31.3. The number of allylic oxidation sites excluding steroid dienone is 2. The van der Waals surface area contributed by atoms with Crippen LogP contribution in [-0.2, 0) is 28.5 Å². The highest BCUT2D eigenvalue weighted by molar-refractivity contribution is 5.78. The normalized spacial score (nSPS) is 54.9. The monoisotopic (exact) mass is 560 g/mol. The van der Waals surface area contributed by atoms with E-state index in [1.165, 1.54) is 0 Å². The van der Waals surface area contributed by atoms with E-state index in [-0.39, 0.29) is 30.8 Å². The molecule has 0 saturated carbocycles. The van der Waals surface area contributed by atoms with Crippen molar-refractivity contribution in [3.8, 4) is 0 Å². The van der Waals surface area contributed by atoms with E-state index in [4.69, 9.17) is 23.7 Å². The van der Waals surface area contributed by atoms with Crippen LogP contribution in [0.25, 0.3) is 0 Å². The van der Waals surface area contributed by atoms with Crippen LogP contribution in [0.1, 0.15) is 66.7 Å². The summed E-state index contributed by atoms with van der Waals surface area (Å²) in [5.41, 5.74) is -1.43. The van der Waals surface area contributed by atoms with Gasteiger partial charge in [-0.15, -0.1) is 0 Å². The summed E-state index contributed by atoms with van der Waals surface area (Å²) in [7, 11) is 0. The number of carbonyl (C=O) groups excluding carboxylic acids is 1. The molecule has 9 nitrogen and oxygen atoms in total. The molecule has 0 amide bonds. The van der Waals surface area contributed by atoms with Gasteiger partial charge in [-0.25, -0.2) is 0 Å². The van der Waals surface area contributed by atoms with Gasteiger partial charge in [0, 0.05) is 31.6 Å². The number of hydrogen-bond acceptors (Lipinski definition) is 9. The highest BCUT2D eigenvalue weighted by atomic mass is 16.7. The number of aliphatic hydroxyl groups is 3. The van der Waals surface area contributed by atoms with Crippen molar-refractivity contribution >= 4 is 5.97 Å². The number of aliphatic hydroxyl groups excluding tert-OH is 2. The predicted molar refractivity (Wildman–Crippen MR) is 144 cm³/mol. The summed E-state index contributed by atoms with van der Waals surface area (Å²) in [6.45, 7) is 9.86. The molecule has 5 aliphatic heterocycles. The van der Waals surface area contributed by atoms with Crippen molar-refractivity contribution < 1.29 is 43.8 Å². The average molecular weight is 561 g/mol. The smallest absolute Gasteiger partial charge is 0.316 e. The molecular weight excluding hydrogens is 516 g/mol. The predicted octanol–water partition coefficient (Wildman–Crippen LogP) is 2.72. The zero-order valence-corrected chi connectivity index (χ0v) is 24.1. The van der Waals surface area contributed by atoms with E-state index in [1.54, 1.807) is 25.2 Å². The summed E-state index contributed by atoms with van der Waals surface area (Å²) in [5.74, 6) is -2.32. The van der Waals surface area contributed by atoms with Crippen LogP contribution in [-0.4, -0.2) is 87.6 Å². The van der Waals surface area contributed by atoms with Gasteiger partial charge in [0.05, 0.1) is 31.0 Å². The van der Waals surface area contributed by atoms with Crippen LogP contribution >= 0.6 is 0 Å². The van der Waals surface area contributed by atoms with Gasteiger partial charge in [0.25, 0.3) is 0 Å². The van der Waals surface area contributed by atoms with Gasteiger partial charge in [-0.3, -0.25) is 4.79 Å². The number of hydrogen-bond donors (Lipinski definition) is 3. The molecule has 222 valence electrons. The van der Waals surface area contributed by atoms with E-state index in [1.807, 2.05) is 19.9 Å². The third-order valence-corrected chi connectivity index (χ3v) is 10.4. The summed E-state index contributed by atoms with van der Waals surface area (Å²) in [5, 5.41) is 34.1. The van der Waals surface area contributed by atoms with Crippen molar-refractivity contribution in [3.05, 3.63) is 35.5 Å². The SMILES string of the molecule is CC1=C[C@H]2C(=O)O[C@H]3C[C@@H](C[C@@H]4O[C@@]4(C)[C@H](O)[C@@H](C)/C=C/C=C4\CO[C@H]([C@@H]1O)[C@@]42O)O[C@@]1(CC[C@H](C)[C@@H](C)O1)C3. The van der Waals surface area contributed by atoms with Crippen molar-refractivity contribution in [2.45, 2.75) is 126 Å². The molecule has 4 fully saturated rings. The Kier molecular flexibility index (Phi) is 7.13. The molecule has 1 spiro atoms. The van der Waals surface area contributed by atoms with E-state index in [0.29, 0.717) is 42.7 Å². The van der Waals surface area contributed by atoms with Crippen molar-refractivity contribution in [3.63, 3.8) is 0 Å². The number of ether oxygens (including phenoxy) is 5. The summed E-state index contributed by atoms with van der Waals surface area (Å²) in [6, 6.07) is 0. The Morgan fingerprint density at radius 2 is 1.82 bits per heavy atom. The van der Waals surface area contributed by atoms with Crippen LogP contribution < -0.4 is 0 Å². The zero-order chi connectivity index (χ0) is 28.6.